The number of benzene rings is 1. The Hall–Kier alpha value is -1.92. The Morgan fingerprint density at radius 3 is 2.41 bits per heavy atom. The zero-order chi connectivity index (χ0) is 15.5. The van der Waals surface area contributed by atoms with E-state index in [-0.39, 0.29) is 6.42 Å². The Bertz CT molecular complexity index is 772. The smallest absolute Gasteiger partial charge is 0.312 e. The SMILES string of the molecule is O=C(O)[C@@]12CN(Cc3csc4ccccc34)C[C@]1(C(=O)O)C2. The lowest BCUT2D eigenvalue weighted by atomic mass is 9.97. The molecule has 2 aromatic rings. The summed E-state index contributed by atoms with van der Waals surface area (Å²) in [4.78, 5) is 25.1. The molecule has 0 amide bonds. The summed E-state index contributed by atoms with van der Waals surface area (Å²) in [7, 11) is 0. The molecular formula is C16H15NO4S. The highest BCUT2D eigenvalue weighted by atomic mass is 32.1. The topological polar surface area (TPSA) is 77.8 Å². The van der Waals surface area contributed by atoms with Gasteiger partial charge in [-0.25, -0.2) is 0 Å². The third kappa shape index (κ3) is 1.62. The van der Waals surface area contributed by atoms with Gasteiger partial charge in [-0.05, 0) is 28.8 Å². The van der Waals surface area contributed by atoms with Crippen LogP contribution in [0.2, 0.25) is 0 Å². The standard InChI is InChI=1S/C16H15NO4S/c18-13(19)15-7-16(15,14(20)21)9-17(8-15)5-10-6-22-12-4-2-1-3-11(10)12/h1-4,6H,5,7-9H2,(H,18,19)(H,20,21)/t15-,16+. The predicted octanol–water partition coefficient (Wildman–Crippen LogP) is 2.26. The molecule has 5 nitrogen and oxygen atoms in total. The first-order chi connectivity index (χ1) is 10.5. The first-order valence-corrected chi connectivity index (χ1v) is 8.01. The van der Waals surface area contributed by atoms with Gasteiger partial charge in [-0.1, -0.05) is 18.2 Å². The number of carboxylic acid groups (broad SMARTS) is 2. The lowest BCUT2D eigenvalue weighted by Crippen LogP contribution is -2.28. The van der Waals surface area contributed by atoms with Gasteiger partial charge in [-0.15, -0.1) is 11.3 Å². The van der Waals surface area contributed by atoms with Gasteiger partial charge in [0.2, 0.25) is 0 Å². The molecule has 2 atom stereocenters. The Labute approximate surface area is 130 Å². The highest BCUT2D eigenvalue weighted by Gasteiger charge is 2.80. The van der Waals surface area contributed by atoms with Crippen LogP contribution in [0.15, 0.2) is 29.6 Å². The summed E-state index contributed by atoms with van der Waals surface area (Å²) in [6.45, 7) is 1.24. The number of carboxylic acids is 2. The van der Waals surface area contributed by atoms with E-state index in [0.717, 1.165) is 5.56 Å². The van der Waals surface area contributed by atoms with Crippen LogP contribution in [0.1, 0.15) is 12.0 Å². The molecule has 1 aliphatic heterocycles. The molecular weight excluding hydrogens is 302 g/mol. The average Bonchev–Trinajstić information content (AvgIpc) is 2.82. The van der Waals surface area contributed by atoms with Gasteiger partial charge in [0.15, 0.2) is 0 Å². The van der Waals surface area contributed by atoms with Gasteiger partial charge < -0.3 is 10.2 Å². The highest BCUT2D eigenvalue weighted by Crippen LogP contribution is 2.68. The quantitative estimate of drug-likeness (QED) is 0.904. The molecule has 1 aromatic heterocycles. The number of aliphatic carboxylic acids is 2. The molecule has 1 aromatic carbocycles. The predicted molar refractivity (Wildman–Crippen MR) is 81.9 cm³/mol. The zero-order valence-corrected chi connectivity index (χ0v) is 12.6. The first-order valence-electron chi connectivity index (χ1n) is 7.13. The number of likely N-dealkylation sites (tertiary alicyclic amines) is 1. The second-order valence-corrected chi connectivity index (χ2v) is 7.26. The average molecular weight is 317 g/mol. The second kappa shape index (κ2) is 4.30. The summed E-state index contributed by atoms with van der Waals surface area (Å²) in [5.41, 5.74) is -1.04. The summed E-state index contributed by atoms with van der Waals surface area (Å²) in [5.74, 6) is -1.96. The van der Waals surface area contributed by atoms with Crippen molar-refractivity contribution in [3.8, 4) is 0 Å². The van der Waals surface area contributed by atoms with Gasteiger partial charge >= 0.3 is 11.9 Å². The number of thiophene rings is 1. The number of nitrogens with zero attached hydrogens (tertiary/aromatic N) is 1. The number of hydrogen-bond acceptors (Lipinski definition) is 4. The molecule has 2 fully saturated rings. The van der Waals surface area contributed by atoms with Crippen molar-refractivity contribution in [2.45, 2.75) is 13.0 Å². The van der Waals surface area contributed by atoms with Crippen molar-refractivity contribution >= 4 is 33.4 Å². The number of hydrogen-bond donors (Lipinski definition) is 2. The maximum Gasteiger partial charge on any atom is 0.312 e. The molecule has 0 radical (unpaired) electrons. The molecule has 2 N–H and O–H groups in total. The largest absolute Gasteiger partial charge is 0.481 e. The number of piperidine rings is 1. The van der Waals surface area contributed by atoms with Gasteiger partial charge in [0.05, 0.1) is 10.8 Å². The van der Waals surface area contributed by atoms with E-state index in [1.807, 2.05) is 17.0 Å². The van der Waals surface area contributed by atoms with Crippen LogP contribution >= 0.6 is 11.3 Å². The van der Waals surface area contributed by atoms with Crippen molar-refractivity contribution in [1.29, 1.82) is 0 Å². The van der Waals surface area contributed by atoms with Crippen molar-refractivity contribution in [2.24, 2.45) is 10.8 Å². The zero-order valence-electron chi connectivity index (χ0n) is 11.8. The first kappa shape index (κ1) is 13.7. The van der Waals surface area contributed by atoms with Crippen molar-refractivity contribution < 1.29 is 19.8 Å². The monoisotopic (exact) mass is 317 g/mol. The summed E-state index contributed by atoms with van der Waals surface area (Å²) >= 11 is 1.66. The van der Waals surface area contributed by atoms with E-state index in [4.69, 9.17) is 0 Å². The maximum atomic E-state index is 11.5. The molecule has 6 heteroatoms. The third-order valence-electron chi connectivity index (χ3n) is 5.16. The van der Waals surface area contributed by atoms with E-state index in [2.05, 4.69) is 17.5 Å². The van der Waals surface area contributed by atoms with Crippen molar-refractivity contribution in [3.63, 3.8) is 0 Å². The molecule has 0 bridgehead atoms. The van der Waals surface area contributed by atoms with Crippen LogP contribution in [0, 0.1) is 10.8 Å². The summed E-state index contributed by atoms with van der Waals surface area (Å²) in [6, 6.07) is 8.09. The Morgan fingerprint density at radius 2 is 1.77 bits per heavy atom. The van der Waals surface area contributed by atoms with Crippen LogP contribution in [0.4, 0.5) is 0 Å². The van der Waals surface area contributed by atoms with E-state index < -0.39 is 22.8 Å². The summed E-state index contributed by atoms with van der Waals surface area (Å²) < 4.78 is 1.20. The summed E-state index contributed by atoms with van der Waals surface area (Å²) in [6.07, 6.45) is 0.256. The molecule has 2 heterocycles. The molecule has 2 aliphatic rings. The van der Waals surface area contributed by atoms with E-state index in [1.165, 1.54) is 10.1 Å². The lowest BCUT2D eigenvalue weighted by molar-refractivity contribution is -0.151. The maximum absolute atomic E-state index is 11.5. The van der Waals surface area contributed by atoms with E-state index in [1.54, 1.807) is 11.3 Å². The molecule has 114 valence electrons. The lowest BCUT2D eigenvalue weighted by Gasteiger charge is -2.19. The minimum atomic E-state index is -1.09. The molecule has 0 unspecified atom stereocenters. The van der Waals surface area contributed by atoms with Crippen LogP contribution < -0.4 is 0 Å². The Morgan fingerprint density at radius 1 is 1.14 bits per heavy atom. The third-order valence-corrected chi connectivity index (χ3v) is 6.17. The molecule has 22 heavy (non-hydrogen) atoms. The Kier molecular flexibility index (Phi) is 2.68. The van der Waals surface area contributed by atoms with Crippen LogP contribution in [0.3, 0.4) is 0 Å². The van der Waals surface area contributed by atoms with Crippen molar-refractivity contribution in [1.82, 2.24) is 4.90 Å². The van der Waals surface area contributed by atoms with Crippen LogP contribution in [-0.4, -0.2) is 40.1 Å². The number of carbonyl (C=O) groups is 2. The van der Waals surface area contributed by atoms with Crippen molar-refractivity contribution in [3.05, 3.63) is 35.2 Å². The van der Waals surface area contributed by atoms with Crippen molar-refractivity contribution in [2.75, 3.05) is 13.1 Å². The summed E-state index contributed by atoms with van der Waals surface area (Å²) in [5, 5.41) is 22.2. The minimum absolute atomic E-state index is 0.256. The molecule has 1 aliphatic carbocycles. The highest BCUT2D eigenvalue weighted by molar-refractivity contribution is 7.17. The van der Waals surface area contributed by atoms with Gasteiger partial charge in [0.25, 0.3) is 0 Å². The van der Waals surface area contributed by atoms with Gasteiger partial charge in [-0.2, -0.15) is 0 Å². The van der Waals surface area contributed by atoms with Crippen LogP contribution in [0.25, 0.3) is 10.1 Å². The fraction of sp³-hybridized carbons (Fsp3) is 0.375. The molecule has 1 saturated heterocycles. The molecule has 0 spiro atoms. The molecule has 1 saturated carbocycles. The normalized spacial score (nSPS) is 30.4. The number of rotatable bonds is 4. The van der Waals surface area contributed by atoms with E-state index in [0.29, 0.717) is 19.6 Å². The fourth-order valence-corrected chi connectivity index (χ4v) is 4.86. The molecule has 4 rings (SSSR count). The van der Waals surface area contributed by atoms with Gasteiger partial charge in [0.1, 0.15) is 0 Å². The van der Waals surface area contributed by atoms with E-state index in [9.17, 15) is 19.8 Å². The van der Waals surface area contributed by atoms with Gasteiger partial charge in [-0.3, -0.25) is 14.5 Å². The minimum Gasteiger partial charge on any atom is -0.481 e. The van der Waals surface area contributed by atoms with E-state index >= 15 is 0 Å². The van der Waals surface area contributed by atoms with Gasteiger partial charge in [0, 0.05) is 24.3 Å². The second-order valence-electron chi connectivity index (χ2n) is 6.35. The van der Waals surface area contributed by atoms with Crippen LogP contribution in [0.5, 0.6) is 0 Å². The fourth-order valence-electron chi connectivity index (χ4n) is 3.91. The van der Waals surface area contributed by atoms with Crippen LogP contribution in [-0.2, 0) is 16.1 Å². The Balaban J connectivity index is 1.61. The number of fused-ring (bicyclic) bond motifs is 2.